The maximum Gasteiger partial charge on any atom is 0.271 e. The summed E-state index contributed by atoms with van der Waals surface area (Å²) in [4.78, 5) is 27.4. The summed E-state index contributed by atoms with van der Waals surface area (Å²) in [6.45, 7) is 7.32. The fraction of sp³-hybridized carbons (Fsp3) is 0.320. The number of anilines is 2. The first kappa shape index (κ1) is 21.7. The zero-order valence-corrected chi connectivity index (χ0v) is 18.6. The Bertz CT molecular complexity index is 1180. The molecule has 4 rings (SSSR count). The number of benzene rings is 2. The van der Waals surface area contributed by atoms with Crippen molar-refractivity contribution in [3.63, 3.8) is 0 Å². The maximum atomic E-state index is 13.3. The van der Waals surface area contributed by atoms with Crippen LogP contribution in [-0.4, -0.2) is 28.8 Å². The minimum Gasteiger partial charge on any atom is -0.354 e. The molecular formula is C25H27FN4O2. The van der Waals surface area contributed by atoms with Gasteiger partial charge in [-0.2, -0.15) is 4.68 Å². The van der Waals surface area contributed by atoms with Crippen molar-refractivity contribution in [2.45, 2.75) is 33.6 Å². The van der Waals surface area contributed by atoms with Gasteiger partial charge in [-0.25, -0.2) is 4.39 Å². The van der Waals surface area contributed by atoms with Crippen molar-refractivity contribution in [2.24, 2.45) is 5.92 Å². The quantitative estimate of drug-likeness (QED) is 0.670. The number of hydrogen-bond donors (Lipinski definition) is 1. The van der Waals surface area contributed by atoms with Gasteiger partial charge in [0.05, 0.1) is 11.6 Å². The largest absolute Gasteiger partial charge is 0.354 e. The summed E-state index contributed by atoms with van der Waals surface area (Å²) in [7, 11) is 0. The minimum absolute atomic E-state index is 0.00314. The molecular weight excluding hydrogens is 407 g/mol. The highest BCUT2D eigenvalue weighted by molar-refractivity contribution is 5.94. The Morgan fingerprint density at radius 3 is 2.44 bits per heavy atom. The Hall–Kier alpha value is -3.48. The van der Waals surface area contributed by atoms with Gasteiger partial charge < -0.3 is 10.2 Å². The van der Waals surface area contributed by atoms with Gasteiger partial charge in [0.25, 0.3) is 5.56 Å². The van der Waals surface area contributed by atoms with E-state index in [1.54, 1.807) is 6.07 Å². The number of nitrogens with zero attached hydrogens (tertiary/aromatic N) is 3. The molecule has 0 radical (unpaired) electrons. The fourth-order valence-electron chi connectivity index (χ4n) is 4.34. The van der Waals surface area contributed by atoms with Gasteiger partial charge in [-0.05, 0) is 75.1 Å². The molecule has 1 amide bonds. The molecule has 1 aliphatic rings. The molecule has 2 aromatic carbocycles. The molecule has 32 heavy (non-hydrogen) atoms. The van der Waals surface area contributed by atoms with Crippen LogP contribution < -0.4 is 15.8 Å². The Balaban J connectivity index is 1.53. The summed E-state index contributed by atoms with van der Waals surface area (Å²) < 4.78 is 14.5. The monoisotopic (exact) mass is 434 g/mol. The second-order valence-corrected chi connectivity index (χ2v) is 8.47. The number of carbonyl (C=O) groups excluding carboxylic acids is 1. The number of carbonyl (C=O) groups is 1. The second kappa shape index (κ2) is 8.94. The van der Waals surface area contributed by atoms with Gasteiger partial charge in [0.1, 0.15) is 11.6 Å². The van der Waals surface area contributed by atoms with Crippen molar-refractivity contribution in [3.05, 3.63) is 81.4 Å². The molecule has 1 fully saturated rings. The smallest absolute Gasteiger partial charge is 0.271 e. The molecule has 6 nitrogen and oxygen atoms in total. The highest BCUT2D eigenvalue weighted by Gasteiger charge is 2.27. The lowest BCUT2D eigenvalue weighted by Gasteiger charge is -2.33. The molecule has 0 spiro atoms. The molecule has 0 saturated carbocycles. The first-order valence-electron chi connectivity index (χ1n) is 10.8. The zero-order chi connectivity index (χ0) is 22.8. The summed E-state index contributed by atoms with van der Waals surface area (Å²) in [5.41, 5.74) is 4.35. The van der Waals surface area contributed by atoms with Gasteiger partial charge >= 0.3 is 0 Å². The number of aromatic nitrogens is 2. The summed E-state index contributed by atoms with van der Waals surface area (Å²) in [6, 6.07) is 12.9. The van der Waals surface area contributed by atoms with Crippen LogP contribution in [-0.2, 0) is 4.79 Å². The van der Waals surface area contributed by atoms with Crippen LogP contribution in [0.4, 0.5) is 15.9 Å². The molecule has 1 N–H and O–H groups in total. The van der Waals surface area contributed by atoms with E-state index in [0.29, 0.717) is 18.1 Å². The summed E-state index contributed by atoms with van der Waals surface area (Å²) in [6.07, 6.45) is 1.64. The molecule has 1 saturated heterocycles. The molecule has 2 heterocycles. The van der Waals surface area contributed by atoms with Gasteiger partial charge in [-0.3, -0.25) is 9.59 Å². The third-order valence-corrected chi connectivity index (χ3v) is 5.90. The number of rotatable bonds is 4. The van der Waals surface area contributed by atoms with Crippen molar-refractivity contribution in [1.82, 2.24) is 9.78 Å². The van der Waals surface area contributed by atoms with E-state index in [0.717, 1.165) is 36.2 Å². The molecule has 1 aromatic heterocycles. The first-order valence-corrected chi connectivity index (χ1v) is 10.8. The van der Waals surface area contributed by atoms with Gasteiger partial charge in [0.2, 0.25) is 5.91 Å². The first-order chi connectivity index (χ1) is 15.3. The average Bonchev–Trinajstić information content (AvgIpc) is 2.77. The Morgan fingerprint density at radius 2 is 1.75 bits per heavy atom. The molecule has 0 unspecified atom stereocenters. The van der Waals surface area contributed by atoms with E-state index in [4.69, 9.17) is 0 Å². The highest BCUT2D eigenvalue weighted by atomic mass is 19.1. The number of halogens is 1. The van der Waals surface area contributed by atoms with Crippen LogP contribution in [0.2, 0.25) is 0 Å². The highest BCUT2D eigenvalue weighted by Crippen LogP contribution is 2.26. The van der Waals surface area contributed by atoms with Crippen molar-refractivity contribution in [2.75, 3.05) is 23.3 Å². The number of aryl methyl sites for hydroxylation is 3. The molecule has 166 valence electrons. The summed E-state index contributed by atoms with van der Waals surface area (Å²) >= 11 is 0. The predicted molar refractivity (Wildman–Crippen MR) is 124 cm³/mol. The topological polar surface area (TPSA) is 67.2 Å². The van der Waals surface area contributed by atoms with Crippen LogP contribution in [0.15, 0.2) is 53.3 Å². The number of piperidine rings is 1. The molecule has 0 aliphatic carbocycles. The van der Waals surface area contributed by atoms with Gasteiger partial charge in [-0.15, -0.1) is 5.10 Å². The maximum absolute atomic E-state index is 13.3. The van der Waals surface area contributed by atoms with Gasteiger partial charge in [0.15, 0.2) is 0 Å². The molecule has 1 atom stereocenters. The second-order valence-electron chi connectivity index (χ2n) is 8.47. The van der Waals surface area contributed by atoms with E-state index >= 15 is 0 Å². The van der Waals surface area contributed by atoms with Crippen molar-refractivity contribution >= 4 is 17.4 Å². The van der Waals surface area contributed by atoms with Crippen LogP contribution in [0.5, 0.6) is 0 Å². The fourth-order valence-corrected chi connectivity index (χ4v) is 4.34. The standard InChI is InChI=1S/C25H27FN4O2/c1-16-13-17(2)24(18(3)14-16)27-25(32)19-5-4-12-29(15-19)22-10-11-23(31)30(28-22)21-8-6-20(26)7-9-21/h6-11,13-14,19H,4-5,12,15H2,1-3H3,(H,27,32)/t19-/m1/s1. The molecule has 3 aromatic rings. The van der Waals surface area contributed by atoms with Crippen molar-refractivity contribution in [1.29, 1.82) is 0 Å². The zero-order valence-electron chi connectivity index (χ0n) is 18.6. The Kier molecular flexibility index (Phi) is 6.08. The van der Waals surface area contributed by atoms with E-state index in [-0.39, 0.29) is 23.2 Å². The SMILES string of the molecule is Cc1cc(C)c(NC(=O)[C@@H]2CCCN(c3ccc(=O)n(-c4ccc(F)cc4)n3)C2)c(C)c1. The molecule has 0 bridgehead atoms. The summed E-state index contributed by atoms with van der Waals surface area (Å²) in [5.74, 6) is 0.0597. The van der Waals surface area contributed by atoms with E-state index in [1.807, 2.05) is 25.7 Å². The third-order valence-electron chi connectivity index (χ3n) is 5.90. The average molecular weight is 435 g/mol. The van der Waals surface area contributed by atoms with Crippen LogP contribution in [0.25, 0.3) is 5.69 Å². The van der Waals surface area contributed by atoms with Crippen LogP contribution in [0.1, 0.15) is 29.5 Å². The number of nitrogens with one attached hydrogen (secondary N) is 1. The van der Waals surface area contributed by atoms with E-state index < -0.39 is 0 Å². The van der Waals surface area contributed by atoms with Crippen molar-refractivity contribution < 1.29 is 9.18 Å². The van der Waals surface area contributed by atoms with Crippen molar-refractivity contribution in [3.8, 4) is 5.69 Å². The van der Waals surface area contributed by atoms with Crippen LogP contribution in [0, 0.1) is 32.5 Å². The van der Waals surface area contributed by atoms with Gasteiger partial charge in [0, 0.05) is 24.8 Å². The Labute approximate surface area is 186 Å². The number of hydrogen-bond acceptors (Lipinski definition) is 4. The lowest BCUT2D eigenvalue weighted by Crippen LogP contribution is -2.42. The van der Waals surface area contributed by atoms with Crippen LogP contribution >= 0.6 is 0 Å². The molecule has 7 heteroatoms. The number of amides is 1. The minimum atomic E-state index is -0.373. The lowest BCUT2D eigenvalue weighted by molar-refractivity contribution is -0.120. The van der Waals surface area contributed by atoms with E-state index in [1.165, 1.54) is 40.6 Å². The normalized spacial score (nSPS) is 16.1. The third kappa shape index (κ3) is 4.56. The summed E-state index contributed by atoms with van der Waals surface area (Å²) in [5, 5.41) is 7.61. The molecule has 1 aliphatic heterocycles. The van der Waals surface area contributed by atoms with Crippen LogP contribution in [0.3, 0.4) is 0 Å². The predicted octanol–water partition coefficient (Wildman–Crippen LogP) is 4.15. The van der Waals surface area contributed by atoms with E-state index in [9.17, 15) is 14.0 Å². The lowest BCUT2D eigenvalue weighted by atomic mass is 9.96. The van der Waals surface area contributed by atoms with Gasteiger partial charge in [-0.1, -0.05) is 17.7 Å². The Morgan fingerprint density at radius 1 is 1.06 bits per heavy atom. The van der Waals surface area contributed by atoms with E-state index in [2.05, 4.69) is 22.5 Å².